The monoisotopic (exact) mass is 636 g/mol. The van der Waals surface area contributed by atoms with Crippen LogP contribution in [-0.2, 0) is 37.1 Å². The van der Waals surface area contributed by atoms with Crippen molar-refractivity contribution >= 4 is 12.4 Å². The van der Waals surface area contributed by atoms with Gasteiger partial charge in [-0.05, 0) is 0 Å². The van der Waals surface area contributed by atoms with Gasteiger partial charge in [0.05, 0.1) is 0 Å². The van der Waals surface area contributed by atoms with Crippen LogP contribution < -0.4 is 12.4 Å². The average molecular weight is 637 g/mol. The van der Waals surface area contributed by atoms with Crippen LogP contribution in [0.25, 0.3) is 0 Å². The van der Waals surface area contributed by atoms with Gasteiger partial charge >= 0.3 is 257 Å². The Hall–Kier alpha value is -1.81. The molecule has 2 aliphatic rings. The molecule has 6 heteroatoms. The molecule has 233 valence electrons. The van der Waals surface area contributed by atoms with Gasteiger partial charge < -0.3 is 12.4 Å². The smallest absolute Gasteiger partial charge is 1.00 e. The van der Waals surface area contributed by atoms with Gasteiger partial charge in [0, 0.05) is 0 Å². The number of hydrogen-bond donors (Lipinski definition) is 2. The number of nitrogens with zero attached hydrogens (tertiary/aromatic N) is 2. The van der Waals surface area contributed by atoms with E-state index in [9.17, 15) is 10.2 Å². The molecule has 0 bridgehead atoms. The average Bonchev–Trinajstić information content (AvgIpc) is 3.15. The molecule has 0 unspecified atom stereocenters. The zero-order valence-corrected chi connectivity index (χ0v) is 29.9. The molecular weight excluding hydrogens is 583 g/mol. The van der Waals surface area contributed by atoms with Gasteiger partial charge in [0.15, 0.2) is 0 Å². The number of halogens is 1. The van der Waals surface area contributed by atoms with Gasteiger partial charge in [-0.3, -0.25) is 0 Å². The summed E-state index contributed by atoms with van der Waals surface area (Å²) in [5.74, 6) is 0.798. The maximum absolute atomic E-state index is 11.5. The minimum absolute atomic E-state index is 0. The van der Waals surface area contributed by atoms with E-state index in [1.54, 1.807) is 0 Å². The van der Waals surface area contributed by atoms with E-state index < -0.39 is 0 Å². The first kappa shape index (κ1) is 34.7. The SMILES string of the molecule is CC(C)(C)c1cc(C=[N+]2[Mn][N+](=Cc3cc(C(C)(C)C)cc(C(C)(C)C)c3O)[C@@H]3CCCC[C@H]32)c(O)c(C(C)(C)C)c1.[Cl-]. The van der Waals surface area contributed by atoms with Gasteiger partial charge in [-0.25, -0.2) is 0 Å². The molecule has 0 spiro atoms. The number of aromatic hydroxyl groups is 2. The fraction of sp³-hybridized carbons (Fsp3) is 0.611. The summed E-state index contributed by atoms with van der Waals surface area (Å²) >= 11 is 0.376. The van der Waals surface area contributed by atoms with Gasteiger partial charge in [0.25, 0.3) is 0 Å². The fourth-order valence-corrected chi connectivity index (χ4v) is 7.74. The van der Waals surface area contributed by atoms with Crippen LogP contribution in [0.5, 0.6) is 11.5 Å². The summed E-state index contributed by atoms with van der Waals surface area (Å²) in [6.45, 7) is 26.5. The molecule has 1 saturated carbocycles. The van der Waals surface area contributed by atoms with Crippen molar-refractivity contribution in [3.63, 3.8) is 0 Å². The van der Waals surface area contributed by atoms with E-state index in [0.717, 1.165) is 35.1 Å². The molecule has 2 atom stereocenters. The van der Waals surface area contributed by atoms with Gasteiger partial charge in [-0.1, -0.05) is 0 Å². The fourth-order valence-electron chi connectivity index (χ4n) is 5.90. The van der Waals surface area contributed by atoms with E-state index in [1.807, 2.05) is 0 Å². The molecule has 1 aliphatic carbocycles. The topological polar surface area (TPSA) is 46.5 Å². The second-order valence-corrected chi connectivity index (χ2v) is 17.8. The molecule has 0 amide bonds. The predicted molar refractivity (Wildman–Crippen MR) is 168 cm³/mol. The zero-order chi connectivity index (χ0) is 30.7. The number of hydrogen-bond acceptors (Lipinski definition) is 2. The van der Waals surface area contributed by atoms with Crippen LogP contribution in [0.2, 0.25) is 0 Å². The number of phenols is 2. The molecular formula is C36H54ClMnN2O2+. The summed E-state index contributed by atoms with van der Waals surface area (Å²) in [5, 5.41) is 23.0. The molecule has 2 aromatic rings. The zero-order valence-electron chi connectivity index (χ0n) is 28.0. The van der Waals surface area contributed by atoms with Gasteiger partial charge in [0.1, 0.15) is 0 Å². The quantitative estimate of drug-likeness (QED) is 0.451. The molecule has 1 heterocycles. The molecule has 2 fully saturated rings. The maximum atomic E-state index is 11.5. The summed E-state index contributed by atoms with van der Waals surface area (Å²) in [5.41, 5.74) is 5.97. The summed E-state index contributed by atoms with van der Waals surface area (Å²) in [4.78, 5) is 0. The largest absolute Gasteiger partial charge is 1.00 e. The van der Waals surface area contributed by atoms with Crippen molar-refractivity contribution in [1.82, 2.24) is 0 Å². The first-order chi connectivity index (χ1) is 18.7. The third-order valence-corrected chi connectivity index (χ3v) is 10.3. The van der Waals surface area contributed by atoms with Crippen LogP contribution in [0.4, 0.5) is 0 Å². The van der Waals surface area contributed by atoms with Crippen molar-refractivity contribution in [3.8, 4) is 11.5 Å². The van der Waals surface area contributed by atoms with Crippen LogP contribution >= 0.6 is 0 Å². The third-order valence-electron chi connectivity index (χ3n) is 8.65. The van der Waals surface area contributed by atoms with E-state index in [0.29, 0.717) is 39.0 Å². The van der Waals surface area contributed by atoms with Crippen molar-refractivity contribution in [2.45, 2.75) is 143 Å². The molecule has 4 nitrogen and oxygen atoms in total. The normalized spacial score (nSPS) is 21.9. The molecule has 2 aromatic carbocycles. The first-order valence-corrected chi connectivity index (χ1v) is 16.4. The number of benzene rings is 2. The Balaban J connectivity index is 0.00000484. The summed E-state index contributed by atoms with van der Waals surface area (Å²) in [6, 6.07) is 9.56. The standard InChI is InChI=1S/C36H54N2O2.ClH.Mn/c1-33(2,3)25-17-23(31(39)27(19-25)35(7,8)9)21-37-29-15-13-14-16-30(29)38-22-24-18-26(34(4,5)6)20-28(32(24)40)36(10,11)12;;/h17-22,29-30,39-40H,13-16H2,1-12H3;1H;/q;;+2/p-1/t29-,30-;;/m1../s1. The molecule has 1 aliphatic heterocycles. The molecule has 4 rings (SSSR count). The maximum Gasteiger partial charge on any atom is -1.00 e. The third kappa shape index (κ3) is 7.28. The number of rotatable bonds is 2. The summed E-state index contributed by atoms with van der Waals surface area (Å²) in [7, 11) is 0. The Morgan fingerprint density at radius 1 is 0.595 bits per heavy atom. The van der Waals surface area contributed by atoms with Gasteiger partial charge in [-0.2, -0.15) is 0 Å². The van der Waals surface area contributed by atoms with Crippen LogP contribution in [-0.4, -0.2) is 41.9 Å². The van der Waals surface area contributed by atoms with Crippen LogP contribution in [0.3, 0.4) is 0 Å². The van der Waals surface area contributed by atoms with E-state index in [4.69, 9.17) is 0 Å². The van der Waals surface area contributed by atoms with Crippen molar-refractivity contribution in [2.75, 3.05) is 0 Å². The van der Waals surface area contributed by atoms with Crippen LogP contribution in [0.15, 0.2) is 24.3 Å². The molecule has 2 N–H and O–H groups in total. The van der Waals surface area contributed by atoms with E-state index in [1.165, 1.54) is 24.0 Å². The van der Waals surface area contributed by atoms with Gasteiger partial charge in [-0.15, -0.1) is 0 Å². The Bertz CT molecular complexity index is 1280. The minimum atomic E-state index is -0.158. The molecule has 1 saturated heterocycles. The predicted octanol–water partition coefficient (Wildman–Crippen LogP) is 5.09. The van der Waals surface area contributed by atoms with Gasteiger partial charge in [0.2, 0.25) is 0 Å². The summed E-state index contributed by atoms with van der Waals surface area (Å²) in [6.07, 6.45) is 9.19. The van der Waals surface area contributed by atoms with E-state index >= 15 is 0 Å². The summed E-state index contributed by atoms with van der Waals surface area (Å²) < 4.78 is 4.96. The second kappa shape index (κ2) is 11.9. The van der Waals surface area contributed by atoms with Crippen molar-refractivity contribution in [3.05, 3.63) is 57.6 Å². The Kier molecular flexibility index (Phi) is 9.86. The second-order valence-electron chi connectivity index (χ2n) is 16.4. The Labute approximate surface area is 268 Å². The van der Waals surface area contributed by atoms with Crippen LogP contribution in [0.1, 0.15) is 142 Å². The van der Waals surface area contributed by atoms with E-state index in [-0.39, 0.29) is 34.1 Å². The minimum Gasteiger partial charge on any atom is -1.00 e. The Morgan fingerprint density at radius 3 is 1.21 bits per heavy atom. The van der Waals surface area contributed by atoms with Crippen molar-refractivity contribution in [1.29, 1.82) is 0 Å². The Morgan fingerprint density at radius 2 is 0.929 bits per heavy atom. The van der Waals surface area contributed by atoms with Crippen molar-refractivity contribution in [2.24, 2.45) is 0 Å². The van der Waals surface area contributed by atoms with Crippen molar-refractivity contribution < 1.29 is 45.2 Å². The van der Waals surface area contributed by atoms with E-state index in [2.05, 4.69) is 127 Å². The number of fused-ring (bicyclic) bond motifs is 1. The molecule has 42 heavy (non-hydrogen) atoms. The molecule has 0 aromatic heterocycles. The number of phenolic OH excluding ortho intramolecular Hbond substituents is 2. The molecule has 0 radical (unpaired) electrons. The van der Waals surface area contributed by atoms with Crippen LogP contribution in [0, 0.1) is 0 Å². The first-order valence-electron chi connectivity index (χ1n) is 15.4.